The molecule has 0 heterocycles. The number of allylic oxidation sites excluding steroid dienone is 26. The molecule has 1 unspecified atom stereocenters. The minimum atomic E-state index is -0.834. The van der Waals surface area contributed by atoms with Crippen LogP contribution >= 0.6 is 0 Å². The summed E-state index contributed by atoms with van der Waals surface area (Å²) in [5.41, 5.74) is 0. The van der Waals surface area contributed by atoms with E-state index in [-0.39, 0.29) is 31.6 Å². The molecule has 77 heavy (non-hydrogen) atoms. The number of rotatable bonds is 54. The molecule has 0 aliphatic carbocycles. The van der Waals surface area contributed by atoms with Crippen LogP contribution in [0.15, 0.2) is 158 Å². The second-order valence-corrected chi connectivity index (χ2v) is 19.8. The molecule has 0 spiro atoms. The van der Waals surface area contributed by atoms with Crippen LogP contribution in [-0.4, -0.2) is 37.2 Å². The van der Waals surface area contributed by atoms with E-state index in [0.29, 0.717) is 19.3 Å². The molecule has 0 aromatic rings. The van der Waals surface area contributed by atoms with Gasteiger partial charge in [0.2, 0.25) is 0 Å². The predicted molar refractivity (Wildman–Crippen MR) is 334 cm³/mol. The smallest absolute Gasteiger partial charge is 0.306 e. The average Bonchev–Trinajstić information content (AvgIpc) is 3.43. The number of ether oxygens (including phenoxy) is 3. The Kier molecular flexibility index (Phi) is 59.5. The van der Waals surface area contributed by atoms with Gasteiger partial charge in [-0.2, -0.15) is 0 Å². The molecular weight excluding hydrogens is 949 g/mol. The van der Waals surface area contributed by atoms with Crippen molar-refractivity contribution in [3.8, 4) is 0 Å². The Bertz CT molecular complexity index is 1740. The predicted octanol–water partition coefficient (Wildman–Crippen LogP) is 21.3. The first-order valence-electron chi connectivity index (χ1n) is 31.0. The normalized spacial score (nSPS) is 13.2. The van der Waals surface area contributed by atoms with Gasteiger partial charge in [0.25, 0.3) is 0 Å². The van der Waals surface area contributed by atoms with Crippen molar-refractivity contribution in [1.82, 2.24) is 0 Å². The molecular formula is C71H112O6. The van der Waals surface area contributed by atoms with Crippen LogP contribution in [0.3, 0.4) is 0 Å². The Hall–Kier alpha value is -4.97. The van der Waals surface area contributed by atoms with Gasteiger partial charge in [0, 0.05) is 19.3 Å². The van der Waals surface area contributed by atoms with Crippen LogP contribution in [0.1, 0.15) is 252 Å². The maximum absolute atomic E-state index is 12.9. The first kappa shape index (κ1) is 72.0. The second kappa shape index (κ2) is 63.6. The highest BCUT2D eigenvalue weighted by Gasteiger charge is 2.19. The van der Waals surface area contributed by atoms with Crippen LogP contribution in [-0.2, 0) is 28.6 Å². The van der Waals surface area contributed by atoms with E-state index < -0.39 is 12.1 Å². The van der Waals surface area contributed by atoms with E-state index in [0.717, 1.165) is 141 Å². The van der Waals surface area contributed by atoms with Crippen LogP contribution in [0.5, 0.6) is 0 Å². The largest absolute Gasteiger partial charge is 0.462 e. The number of hydrogen-bond donors (Lipinski definition) is 0. The van der Waals surface area contributed by atoms with E-state index in [9.17, 15) is 14.4 Å². The quantitative estimate of drug-likeness (QED) is 0.0261. The molecule has 1 atom stereocenters. The molecule has 432 valence electrons. The van der Waals surface area contributed by atoms with Crippen molar-refractivity contribution in [2.75, 3.05) is 13.2 Å². The third-order valence-electron chi connectivity index (χ3n) is 12.5. The molecule has 0 saturated carbocycles. The first-order valence-corrected chi connectivity index (χ1v) is 31.0. The Labute approximate surface area is 473 Å². The molecule has 0 fully saturated rings. The number of hydrogen-bond acceptors (Lipinski definition) is 6. The lowest BCUT2D eigenvalue weighted by Gasteiger charge is -2.18. The summed E-state index contributed by atoms with van der Waals surface area (Å²) in [5, 5.41) is 0. The molecule has 0 aliphatic rings. The zero-order chi connectivity index (χ0) is 55.7. The number of unbranched alkanes of at least 4 members (excludes halogenated alkanes) is 17. The van der Waals surface area contributed by atoms with Gasteiger partial charge in [-0.3, -0.25) is 14.4 Å². The SMILES string of the molecule is CC/C=C\C/C=C\C/C=C\C/C=C\C/C=C\C/C=C\CCC(=O)OC(COC(=O)CCCCCCC/C=C\C/C=C\CCC)COC(=O)CCCCCCCCCCCCC/C=C\C/C=C\C/C=C\C/C=C\C/C=C\CC. The van der Waals surface area contributed by atoms with Crippen molar-refractivity contribution in [3.05, 3.63) is 158 Å². The number of esters is 3. The van der Waals surface area contributed by atoms with E-state index in [1.54, 1.807) is 0 Å². The molecule has 6 nitrogen and oxygen atoms in total. The van der Waals surface area contributed by atoms with Crippen molar-refractivity contribution >= 4 is 17.9 Å². The number of carbonyl (C=O) groups excluding carboxylic acids is 3. The summed E-state index contributed by atoms with van der Waals surface area (Å²) < 4.78 is 16.8. The van der Waals surface area contributed by atoms with E-state index >= 15 is 0 Å². The first-order chi connectivity index (χ1) is 38.0. The van der Waals surface area contributed by atoms with Gasteiger partial charge in [-0.15, -0.1) is 0 Å². The monoisotopic (exact) mass is 1060 g/mol. The maximum Gasteiger partial charge on any atom is 0.306 e. The lowest BCUT2D eigenvalue weighted by Crippen LogP contribution is -2.30. The van der Waals surface area contributed by atoms with Crippen LogP contribution in [0.4, 0.5) is 0 Å². The summed E-state index contributed by atoms with van der Waals surface area (Å²) >= 11 is 0. The molecule has 0 aliphatic heterocycles. The van der Waals surface area contributed by atoms with Crippen molar-refractivity contribution in [2.24, 2.45) is 0 Å². The van der Waals surface area contributed by atoms with Gasteiger partial charge >= 0.3 is 17.9 Å². The molecule has 0 radical (unpaired) electrons. The molecule has 0 saturated heterocycles. The van der Waals surface area contributed by atoms with Gasteiger partial charge in [0.05, 0.1) is 0 Å². The van der Waals surface area contributed by atoms with Crippen LogP contribution < -0.4 is 0 Å². The molecule has 0 aromatic heterocycles. The topological polar surface area (TPSA) is 78.9 Å². The molecule has 6 heteroatoms. The Morgan fingerprint density at radius 3 is 0.844 bits per heavy atom. The van der Waals surface area contributed by atoms with Crippen LogP contribution in [0, 0.1) is 0 Å². The zero-order valence-electron chi connectivity index (χ0n) is 49.4. The summed E-state index contributed by atoms with van der Waals surface area (Å²) in [5.74, 6) is -1.03. The molecule has 0 rings (SSSR count). The van der Waals surface area contributed by atoms with Gasteiger partial charge in [-0.25, -0.2) is 0 Å². The standard InChI is InChI=1S/C71H112O6/c1-4-7-10-13-16-19-22-25-27-29-31-32-33-34-35-36-37-38-40-41-43-46-49-52-55-58-61-64-70(73)76-67-68(66-75-69(72)63-60-57-54-51-48-45-24-21-18-15-12-9-6-3)77-71(74)65-62-59-56-53-50-47-44-42-39-30-28-26-23-20-17-14-11-8-5-2/h7-8,10-12,15-17,19-21,24-28,31-32,34-35,39,42,47,50,56,59,68H,4-6,9,13-14,18,22-23,29-30,33,36-38,40-41,43-46,48-49,51-55,57-58,60-67H2,1-3H3/b10-7-,11-8-,15-12-,19-16-,20-17-,24-21-,27-25-,28-26-,32-31-,35-34-,42-39-,50-47-,59-56-. The van der Waals surface area contributed by atoms with Gasteiger partial charge in [0.15, 0.2) is 6.10 Å². The van der Waals surface area contributed by atoms with Crippen molar-refractivity contribution < 1.29 is 28.6 Å². The molecule has 0 bridgehead atoms. The Morgan fingerprint density at radius 1 is 0.273 bits per heavy atom. The Morgan fingerprint density at radius 2 is 0.532 bits per heavy atom. The maximum atomic E-state index is 12.9. The third-order valence-corrected chi connectivity index (χ3v) is 12.5. The number of carbonyl (C=O) groups is 3. The van der Waals surface area contributed by atoms with Crippen molar-refractivity contribution in [1.29, 1.82) is 0 Å². The van der Waals surface area contributed by atoms with Crippen molar-refractivity contribution in [3.63, 3.8) is 0 Å². The minimum absolute atomic E-state index is 0.120. The summed E-state index contributed by atoms with van der Waals surface area (Å²) in [6.45, 7) is 6.26. The van der Waals surface area contributed by atoms with Crippen molar-refractivity contribution in [2.45, 2.75) is 258 Å². The zero-order valence-corrected chi connectivity index (χ0v) is 49.4. The summed E-state index contributed by atoms with van der Waals surface area (Å²) in [7, 11) is 0. The van der Waals surface area contributed by atoms with Gasteiger partial charge < -0.3 is 14.2 Å². The van der Waals surface area contributed by atoms with E-state index in [2.05, 4.69) is 167 Å². The lowest BCUT2D eigenvalue weighted by molar-refractivity contribution is -0.166. The van der Waals surface area contributed by atoms with Gasteiger partial charge in [-0.05, 0) is 128 Å². The summed E-state index contributed by atoms with van der Waals surface area (Å²) in [6.07, 6.45) is 92.6. The minimum Gasteiger partial charge on any atom is -0.462 e. The molecule has 0 N–H and O–H groups in total. The highest BCUT2D eigenvalue weighted by atomic mass is 16.6. The van der Waals surface area contributed by atoms with Gasteiger partial charge in [-0.1, -0.05) is 262 Å². The highest BCUT2D eigenvalue weighted by Crippen LogP contribution is 2.14. The third kappa shape index (κ3) is 61.8. The summed E-state index contributed by atoms with van der Waals surface area (Å²) in [6, 6.07) is 0. The summed E-state index contributed by atoms with van der Waals surface area (Å²) in [4.78, 5) is 38.2. The van der Waals surface area contributed by atoms with E-state index in [1.807, 2.05) is 12.2 Å². The molecule has 0 amide bonds. The van der Waals surface area contributed by atoms with E-state index in [1.165, 1.54) is 64.2 Å². The fourth-order valence-electron chi connectivity index (χ4n) is 7.94. The lowest BCUT2D eigenvalue weighted by atomic mass is 10.0. The molecule has 0 aromatic carbocycles. The highest BCUT2D eigenvalue weighted by molar-refractivity contribution is 5.71. The van der Waals surface area contributed by atoms with Crippen LogP contribution in [0.25, 0.3) is 0 Å². The second-order valence-electron chi connectivity index (χ2n) is 19.8. The van der Waals surface area contributed by atoms with E-state index in [4.69, 9.17) is 14.2 Å². The average molecular weight is 1060 g/mol. The fraction of sp³-hybridized carbons (Fsp3) is 0.592. The van der Waals surface area contributed by atoms with Gasteiger partial charge in [0.1, 0.15) is 13.2 Å². The fourth-order valence-corrected chi connectivity index (χ4v) is 7.94. The Balaban J connectivity index is 4.43. The van der Waals surface area contributed by atoms with Crippen LogP contribution in [0.2, 0.25) is 0 Å².